The average molecular weight is 201 g/mol. The summed E-state index contributed by atoms with van der Waals surface area (Å²) < 4.78 is 11.8. The minimum absolute atomic E-state index is 0.747. The molecule has 0 fully saturated rings. The van der Waals surface area contributed by atoms with E-state index in [0.717, 1.165) is 11.1 Å². The molecule has 12 heavy (non-hydrogen) atoms. The van der Waals surface area contributed by atoms with Crippen molar-refractivity contribution in [2.45, 2.75) is 6.92 Å². The Labute approximate surface area is 76.7 Å². The Bertz CT molecular complexity index is 288. The van der Waals surface area contributed by atoms with E-state index in [1.807, 2.05) is 37.3 Å². The summed E-state index contributed by atoms with van der Waals surface area (Å²) >= 11 is 1.32. The van der Waals surface area contributed by atoms with E-state index >= 15 is 0 Å². The third kappa shape index (κ3) is 2.37. The maximum atomic E-state index is 11.8. The molecule has 1 rings (SSSR count). The summed E-state index contributed by atoms with van der Waals surface area (Å²) in [6.07, 6.45) is 0. The number of hydrogen-bond donors (Lipinski definition) is 1. The molecular weight excluding hydrogens is 189 g/mol. The van der Waals surface area contributed by atoms with E-state index in [2.05, 4.69) is 0 Å². The Morgan fingerprint density at radius 2 is 2.00 bits per heavy atom. The first-order chi connectivity index (χ1) is 5.67. The van der Waals surface area contributed by atoms with Crippen LogP contribution in [0.2, 0.25) is 0 Å². The molecular formula is C8H12NOPS. The van der Waals surface area contributed by atoms with E-state index in [-0.39, 0.29) is 0 Å². The molecule has 0 aliphatic rings. The van der Waals surface area contributed by atoms with Crippen molar-refractivity contribution in [3.8, 4) is 0 Å². The van der Waals surface area contributed by atoms with Crippen molar-refractivity contribution in [2.24, 2.45) is 5.50 Å². The zero-order valence-corrected chi connectivity index (χ0v) is 8.65. The summed E-state index contributed by atoms with van der Waals surface area (Å²) in [5, 5.41) is 0.747. The van der Waals surface area contributed by atoms with E-state index in [0.29, 0.717) is 0 Å². The highest BCUT2D eigenvalue weighted by molar-refractivity contribution is 8.59. The van der Waals surface area contributed by atoms with Crippen LogP contribution in [0.3, 0.4) is 0 Å². The normalized spacial score (nSPS) is 15.5. The first-order valence-electron chi connectivity index (χ1n) is 3.75. The molecule has 0 spiro atoms. The molecule has 0 radical (unpaired) electrons. The van der Waals surface area contributed by atoms with Crippen molar-refractivity contribution in [1.29, 1.82) is 0 Å². The lowest BCUT2D eigenvalue weighted by Gasteiger charge is -2.09. The molecule has 0 aliphatic carbocycles. The van der Waals surface area contributed by atoms with Gasteiger partial charge in [0.1, 0.15) is 0 Å². The van der Waals surface area contributed by atoms with E-state index < -0.39 is 6.49 Å². The lowest BCUT2D eigenvalue weighted by atomic mass is 10.4. The van der Waals surface area contributed by atoms with E-state index in [4.69, 9.17) is 5.50 Å². The van der Waals surface area contributed by atoms with Gasteiger partial charge in [-0.05, 0) is 17.9 Å². The van der Waals surface area contributed by atoms with Gasteiger partial charge < -0.3 is 0 Å². The highest BCUT2D eigenvalue weighted by Crippen LogP contribution is 2.49. The maximum absolute atomic E-state index is 11.8. The van der Waals surface area contributed by atoms with Gasteiger partial charge in [-0.1, -0.05) is 36.5 Å². The Morgan fingerprint density at radius 1 is 1.42 bits per heavy atom. The van der Waals surface area contributed by atoms with Crippen LogP contribution in [-0.2, 0) is 4.57 Å². The fourth-order valence-electron chi connectivity index (χ4n) is 0.902. The second-order valence-corrected chi connectivity index (χ2v) is 7.30. The highest BCUT2D eigenvalue weighted by Gasteiger charge is 2.17. The van der Waals surface area contributed by atoms with Gasteiger partial charge >= 0.3 is 0 Å². The molecule has 2 nitrogen and oxygen atoms in total. The Morgan fingerprint density at radius 3 is 2.50 bits per heavy atom. The van der Waals surface area contributed by atoms with Crippen molar-refractivity contribution < 1.29 is 4.57 Å². The average Bonchev–Trinajstić information content (AvgIpc) is 2.06. The number of benzene rings is 1. The second-order valence-electron chi connectivity index (χ2n) is 2.35. The van der Waals surface area contributed by atoms with E-state index in [1.165, 1.54) is 11.4 Å². The first-order valence-corrected chi connectivity index (χ1v) is 7.12. The molecule has 0 bridgehead atoms. The third-order valence-electron chi connectivity index (χ3n) is 1.44. The second kappa shape index (κ2) is 4.13. The highest BCUT2D eigenvalue weighted by atomic mass is 32.7. The standard InChI is InChI=1S/C8H12NOPS/c1-2-12-11(9,10)8-6-4-3-5-7-8/h3-7H,2H2,1H3,(H2,9,10). The quantitative estimate of drug-likeness (QED) is 0.762. The maximum Gasteiger partial charge on any atom is 0.226 e. The SMILES string of the molecule is CCSP(N)(=O)c1ccccc1. The molecule has 0 aromatic heterocycles. The van der Waals surface area contributed by atoms with Crippen LogP contribution in [0.1, 0.15) is 6.92 Å². The van der Waals surface area contributed by atoms with Gasteiger partial charge in [0.2, 0.25) is 6.49 Å². The molecule has 1 atom stereocenters. The van der Waals surface area contributed by atoms with Crippen molar-refractivity contribution in [2.75, 3.05) is 5.75 Å². The molecule has 1 aromatic rings. The van der Waals surface area contributed by atoms with Crippen LogP contribution in [0.15, 0.2) is 30.3 Å². The van der Waals surface area contributed by atoms with Crippen LogP contribution < -0.4 is 10.8 Å². The van der Waals surface area contributed by atoms with Gasteiger partial charge in [-0.3, -0.25) is 10.1 Å². The zero-order valence-electron chi connectivity index (χ0n) is 6.93. The fourth-order valence-corrected chi connectivity index (χ4v) is 3.99. The van der Waals surface area contributed by atoms with Gasteiger partial charge in [0.05, 0.1) is 0 Å². The predicted octanol–water partition coefficient (Wildman–Crippen LogP) is 2.22. The molecule has 4 heteroatoms. The molecule has 0 heterocycles. The number of rotatable bonds is 3. The van der Waals surface area contributed by atoms with Crippen LogP contribution in [0.25, 0.3) is 0 Å². The van der Waals surface area contributed by atoms with Crippen LogP contribution in [-0.4, -0.2) is 5.75 Å². The summed E-state index contributed by atoms with van der Waals surface area (Å²) in [4.78, 5) is 0. The minimum Gasteiger partial charge on any atom is -0.290 e. The fraction of sp³-hybridized carbons (Fsp3) is 0.250. The first kappa shape index (κ1) is 9.85. The molecule has 0 amide bonds. The van der Waals surface area contributed by atoms with Gasteiger partial charge in [0, 0.05) is 5.30 Å². The van der Waals surface area contributed by atoms with E-state index in [1.54, 1.807) is 0 Å². The van der Waals surface area contributed by atoms with Crippen molar-refractivity contribution in [1.82, 2.24) is 0 Å². The van der Waals surface area contributed by atoms with Crippen LogP contribution in [0, 0.1) is 0 Å². The van der Waals surface area contributed by atoms with Gasteiger partial charge in [-0.2, -0.15) is 0 Å². The Balaban J connectivity index is 2.90. The summed E-state index contributed by atoms with van der Waals surface area (Å²) in [6.45, 7) is -0.677. The minimum atomic E-state index is -2.63. The molecule has 66 valence electrons. The summed E-state index contributed by atoms with van der Waals surface area (Å²) in [7, 11) is 0. The zero-order chi connectivity index (χ0) is 9.03. The van der Waals surface area contributed by atoms with E-state index in [9.17, 15) is 4.57 Å². The third-order valence-corrected chi connectivity index (χ3v) is 5.65. The monoisotopic (exact) mass is 201 g/mol. The van der Waals surface area contributed by atoms with Crippen LogP contribution >= 0.6 is 17.9 Å². The summed E-state index contributed by atoms with van der Waals surface area (Å²) in [5.41, 5.74) is 5.67. The molecule has 0 saturated heterocycles. The summed E-state index contributed by atoms with van der Waals surface area (Å²) in [5.74, 6) is 0.780. The lowest BCUT2D eigenvalue weighted by Crippen LogP contribution is -2.08. The lowest BCUT2D eigenvalue weighted by molar-refractivity contribution is 0.591. The van der Waals surface area contributed by atoms with Gasteiger partial charge in [-0.15, -0.1) is 0 Å². The molecule has 0 aliphatic heterocycles. The smallest absolute Gasteiger partial charge is 0.226 e. The molecule has 1 aromatic carbocycles. The van der Waals surface area contributed by atoms with Crippen LogP contribution in [0.5, 0.6) is 0 Å². The molecule has 2 N–H and O–H groups in total. The number of hydrogen-bond acceptors (Lipinski definition) is 2. The molecule has 0 saturated carbocycles. The van der Waals surface area contributed by atoms with Crippen molar-refractivity contribution in [3.63, 3.8) is 0 Å². The van der Waals surface area contributed by atoms with Crippen molar-refractivity contribution >= 4 is 23.2 Å². The van der Waals surface area contributed by atoms with Crippen LogP contribution in [0.4, 0.5) is 0 Å². The predicted molar refractivity (Wildman–Crippen MR) is 56.0 cm³/mol. The van der Waals surface area contributed by atoms with Gasteiger partial charge in [0.15, 0.2) is 0 Å². The number of nitrogens with two attached hydrogens (primary N) is 1. The van der Waals surface area contributed by atoms with Gasteiger partial charge in [0.25, 0.3) is 0 Å². The summed E-state index contributed by atoms with van der Waals surface area (Å²) in [6, 6.07) is 9.21. The van der Waals surface area contributed by atoms with Crippen molar-refractivity contribution in [3.05, 3.63) is 30.3 Å². The Hall–Kier alpha value is -0.240. The largest absolute Gasteiger partial charge is 0.290 e. The molecule has 1 unspecified atom stereocenters. The topological polar surface area (TPSA) is 43.1 Å². The van der Waals surface area contributed by atoms with Gasteiger partial charge in [-0.25, -0.2) is 0 Å². The Kier molecular flexibility index (Phi) is 3.39.